The zero-order valence-corrected chi connectivity index (χ0v) is 30.5. The highest BCUT2D eigenvalue weighted by atomic mass is 16.7. The number of rotatable bonds is 32. The first-order chi connectivity index (χ1) is 23.4. The van der Waals surface area contributed by atoms with Gasteiger partial charge in [-0.2, -0.15) is 0 Å². The van der Waals surface area contributed by atoms with E-state index in [-0.39, 0.29) is 19.2 Å². The Morgan fingerprint density at radius 1 is 0.667 bits per heavy atom. The number of aliphatic hydroxyl groups excluding tert-OH is 4. The summed E-state index contributed by atoms with van der Waals surface area (Å²) in [5.74, 6) is -0.324. The summed E-state index contributed by atoms with van der Waals surface area (Å²) >= 11 is 0. The van der Waals surface area contributed by atoms with E-state index in [1.165, 1.54) is 89.9 Å². The number of hydrogen-bond acceptors (Lipinski definition) is 9. The van der Waals surface area contributed by atoms with Crippen LogP contribution in [0.2, 0.25) is 0 Å². The molecule has 0 saturated carbocycles. The molecular formula is C39H72O9. The van der Waals surface area contributed by atoms with Crippen LogP contribution in [-0.4, -0.2) is 89.6 Å². The molecule has 1 rings (SSSR count). The number of esters is 1. The lowest BCUT2D eigenvalue weighted by molar-refractivity contribution is -0.305. The molecule has 0 bridgehead atoms. The molecule has 0 aromatic heterocycles. The first kappa shape index (κ1) is 44.7. The Hall–Kier alpha value is -1.33. The lowest BCUT2D eigenvalue weighted by Crippen LogP contribution is -2.59. The molecule has 0 aromatic carbocycles. The van der Waals surface area contributed by atoms with E-state index in [1.807, 2.05) is 0 Å². The SMILES string of the molecule is CCCCCC/C=C\C/C=C\CCCCCCCCCC(=O)OC(COCCCCCCCCC)COC1OC(CO)C(O)C(O)C1O. The molecule has 9 nitrogen and oxygen atoms in total. The second-order valence-electron chi connectivity index (χ2n) is 13.4. The molecule has 1 saturated heterocycles. The van der Waals surface area contributed by atoms with Crippen LogP contribution < -0.4 is 0 Å². The van der Waals surface area contributed by atoms with E-state index < -0.39 is 43.4 Å². The minimum absolute atomic E-state index is 0.115. The molecule has 4 N–H and O–H groups in total. The summed E-state index contributed by atoms with van der Waals surface area (Å²) in [7, 11) is 0. The normalized spacial score (nSPS) is 22.2. The average Bonchev–Trinajstić information content (AvgIpc) is 3.08. The van der Waals surface area contributed by atoms with Gasteiger partial charge in [-0.25, -0.2) is 0 Å². The molecule has 1 aliphatic heterocycles. The van der Waals surface area contributed by atoms with Gasteiger partial charge >= 0.3 is 5.97 Å². The van der Waals surface area contributed by atoms with Gasteiger partial charge in [0, 0.05) is 13.0 Å². The summed E-state index contributed by atoms with van der Waals surface area (Å²) in [5, 5.41) is 39.8. The van der Waals surface area contributed by atoms with Gasteiger partial charge in [-0.15, -0.1) is 0 Å². The van der Waals surface area contributed by atoms with E-state index in [0.29, 0.717) is 13.0 Å². The molecule has 0 aromatic rings. The summed E-state index contributed by atoms with van der Waals surface area (Å²) in [6.45, 7) is 4.49. The number of allylic oxidation sites excluding steroid dienone is 4. The molecule has 0 spiro atoms. The third-order valence-electron chi connectivity index (χ3n) is 8.87. The zero-order chi connectivity index (χ0) is 35.1. The van der Waals surface area contributed by atoms with Gasteiger partial charge in [0.05, 0.1) is 19.8 Å². The van der Waals surface area contributed by atoms with Crippen LogP contribution in [0.5, 0.6) is 0 Å². The molecule has 0 radical (unpaired) electrons. The molecular weight excluding hydrogens is 612 g/mol. The second kappa shape index (κ2) is 31.6. The van der Waals surface area contributed by atoms with Gasteiger partial charge in [-0.3, -0.25) is 4.79 Å². The van der Waals surface area contributed by atoms with Crippen LogP contribution in [0.3, 0.4) is 0 Å². The lowest BCUT2D eigenvalue weighted by Gasteiger charge is -2.39. The molecule has 0 amide bonds. The smallest absolute Gasteiger partial charge is 0.306 e. The van der Waals surface area contributed by atoms with Crippen LogP contribution in [0.25, 0.3) is 0 Å². The first-order valence-electron chi connectivity index (χ1n) is 19.4. The Morgan fingerprint density at radius 2 is 1.21 bits per heavy atom. The van der Waals surface area contributed by atoms with Crippen LogP contribution in [0.1, 0.15) is 155 Å². The van der Waals surface area contributed by atoms with Crippen LogP contribution >= 0.6 is 0 Å². The van der Waals surface area contributed by atoms with E-state index in [0.717, 1.165) is 44.9 Å². The predicted molar refractivity (Wildman–Crippen MR) is 192 cm³/mol. The van der Waals surface area contributed by atoms with Crippen molar-refractivity contribution in [3.05, 3.63) is 24.3 Å². The number of carbonyl (C=O) groups excluding carboxylic acids is 1. The van der Waals surface area contributed by atoms with Gasteiger partial charge in [-0.1, -0.05) is 128 Å². The Balaban J connectivity index is 2.27. The molecule has 6 unspecified atom stereocenters. The second-order valence-corrected chi connectivity index (χ2v) is 13.4. The van der Waals surface area contributed by atoms with Gasteiger partial charge in [0.25, 0.3) is 0 Å². The summed E-state index contributed by atoms with van der Waals surface area (Å²) in [5.41, 5.74) is 0. The number of unbranched alkanes of at least 4 members (excludes halogenated alkanes) is 17. The predicted octanol–water partition coefficient (Wildman–Crippen LogP) is 7.47. The van der Waals surface area contributed by atoms with Gasteiger partial charge in [0.1, 0.15) is 30.5 Å². The monoisotopic (exact) mass is 685 g/mol. The topological polar surface area (TPSA) is 135 Å². The molecule has 48 heavy (non-hydrogen) atoms. The number of aliphatic hydroxyl groups is 4. The Labute approximate surface area is 292 Å². The standard InChI is InChI=1S/C39H72O9/c1-3-5-7-9-11-12-13-14-15-16-17-18-19-20-21-22-24-26-28-35(41)47-33(31-45-29-27-25-23-10-8-6-4-2)32-46-39-38(44)37(43)36(42)34(30-40)48-39/h12-13,15-16,33-34,36-40,42-44H,3-11,14,17-32H2,1-2H3/b13-12-,16-15-. The van der Waals surface area contributed by atoms with Crippen LogP contribution in [-0.2, 0) is 23.7 Å². The molecule has 1 heterocycles. The number of carbonyl (C=O) groups is 1. The van der Waals surface area contributed by atoms with Gasteiger partial charge in [0.15, 0.2) is 6.29 Å². The fourth-order valence-corrected chi connectivity index (χ4v) is 5.76. The van der Waals surface area contributed by atoms with Crippen molar-refractivity contribution in [1.29, 1.82) is 0 Å². The van der Waals surface area contributed by atoms with E-state index in [1.54, 1.807) is 0 Å². The fourth-order valence-electron chi connectivity index (χ4n) is 5.76. The molecule has 1 fully saturated rings. The highest BCUT2D eigenvalue weighted by molar-refractivity contribution is 5.69. The Bertz CT molecular complexity index is 787. The number of hydrogen-bond donors (Lipinski definition) is 4. The van der Waals surface area contributed by atoms with Crippen LogP contribution in [0.15, 0.2) is 24.3 Å². The van der Waals surface area contributed by atoms with Crippen LogP contribution in [0, 0.1) is 0 Å². The summed E-state index contributed by atoms with van der Waals surface area (Å²) in [6.07, 6.45) is 26.4. The van der Waals surface area contributed by atoms with Crippen molar-refractivity contribution in [3.8, 4) is 0 Å². The fraction of sp³-hybridized carbons (Fsp3) is 0.872. The van der Waals surface area contributed by atoms with Crippen molar-refractivity contribution in [2.45, 2.75) is 192 Å². The first-order valence-corrected chi connectivity index (χ1v) is 19.4. The maximum absolute atomic E-state index is 12.7. The molecule has 9 heteroatoms. The molecule has 6 atom stereocenters. The largest absolute Gasteiger partial charge is 0.457 e. The molecule has 282 valence electrons. The van der Waals surface area contributed by atoms with Crippen molar-refractivity contribution >= 4 is 5.97 Å². The quantitative estimate of drug-likeness (QED) is 0.0323. The Kier molecular flexibility index (Phi) is 29.5. The van der Waals surface area contributed by atoms with Crippen molar-refractivity contribution < 1.29 is 44.2 Å². The van der Waals surface area contributed by atoms with E-state index in [9.17, 15) is 25.2 Å². The lowest BCUT2D eigenvalue weighted by atomic mass is 9.99. The van der Waals surface area contributed by atoms with E-state index in [4.69, 9.17) is 18.9 Å². The highest BCUT2D eigenvalue weighted by Crippen LogP contribution is 2.22. The summed E-state index contributed by atoms with van der Waals surface area (Å²) in [6, 6.07) is 0. The highest BCUT2D eigenvalue weighted by Gasteiger charge is 2.44. The van der Waals surface area contributed by atoms with Crippen LogP contribution in [0.4, 0.5) is 0 Å². The zero-order valence-electron chi connectivity index (χ0n) is 30.5. The maximum atomic E-state index is 12.7. The minimum atomic E-state index is -1.53. The van der Waals surface area contributed by atoms with Crippen molar-refractivity contribution in [2.24, 2.45) is 0 Å². The van der Waals surface area contributed by atoms with Gasteiger partial charge < -0.3 is 39.4 Å². The minimum Gasteiger partial charge on any atom is -0.457 e. The average molecular weight is 685 g/mol. The molecule has 1 aliphatic rings. The van der Waals surface area contributed by atoms with Crippen molar-refractivity contribution in [1.82, 2.24) is 0 Å². The van der Waals surface area contributed by atoms with Gasteiger partial charge in [-0.05, 0) is 44.9 Å². The van der Waals surface area contributed by atoms with Crippen molar-refractivity contribution in [2.75, 3.05) is 26.4 Å². The third-order valence-corrected chi connectivity index (χ3v) is 8.87. The summed E-state index contributed by atoms with van der Waals surface area (Å²) < 4.78 is 22.6. The number of ether oxygens (including phenoxy) is 4. The Morgan fingerprint density at radius 3 is 1.81 bits per heavy atom. The van der Waals surface area contributed by atoms with E-state index in [2.05, 4.69) is 38.2 Å². The van der Waals surface area contributed by atoms with Crippen molar-refractivity contribution in [3.63, 3.8) is 0 Å². The maximum Gasteiger partial charge on any atom is 0.306 e. The van der Waals surface area contributed by atoms with E-state index >= 15 is 0 Å². The third kappa shape index (κ3) is 23.1. The summed E-state index contributed by atoms with van der Waals surface area (Å²) in [4.78, 5) is 12.7. The van der Waals surface area contributed by atoms with Gasteiger partial charge in [0.2, 0.25) is 0 Å². The molecule has 0 aliphatic carbocycles.